The van der Waals surface area contributed by atoms with E-state index in [1.54, 1.807) is 6.20 Å². The largest absolute Gasteiger partial charge is 0.334 e. The molecule has 0 unspecified atom stereocenters. The molecule has 1 atom stereocenters. The van der Waals surface area contributed by atoms with Crippen LogP contribution in [0.3, 0.4) is 0 Å². The van der Waals surface area contributed by atoms with Crippen molar-refractivity contribution in [2.75, 3.05) is 19.6 Å². The van der Waals surface area contributed by atoms with Crippen LogP contribution in [0, 0.1) is 26.7 Å². The van der Waals surface area contributed by atoms with Gasteiger partial charge in [-0.3, -0.25) is 14.5 Å². The summed E-state index contributed by atoms with van der Waals surface area (Å²) < 4.78 is 1.99. The number of hydrogen-bond donors (Lipinski definition) is 1. The van der Waals surface area contributed by atoms with E-state index in [9.17, 15) is 9.59 Å². The number of nitrogens with zero attached hydrogens (tertiary/aromatic N) is 5. The van der Waals surface area contributed by atoms with Gasteiger partial charge in [0.1, 0.15) is 0 Å². The molecule has 3 aromatic heterocycles. The Morgan fingerprint density at radius 1 is 1.11 bits per heavy atom. The van der Waals surface area contributed by atoms with Crippen molar-refractivity contribution in [1.82, 2.24) is 29.8 Å². The third kappa shape index (κ3) is 4.53. The van der Waals surface area contributed by atoms with E-state index in [0.717, 1.165) is 36.3 Å². The van der Waals surface area contributed by atoms with Gasteiger partial charge in [0.25, 0.3) is 11.5 Å². The molecule has 0 radical (unpaired) electrons. The average molecular weight is 535 g/mol. The van der Waals surface area contributed by atoms with Crippen LogP contribution in [0.25, 0.3) is 0 Å². The highest BCUT2D eigenvalue weighted by Gasteiger charge is 2.38. The number of likely N-dealkylation sites (tertiary alicyclic amines) is 1. The zero-order valence-corrected chi connectivity index (χ0v) is 23.7. The molecular formula is C29H38N6O2S. The van der Waals surface area contributed by atoms with Crippen molar-refractivity contribution in [3.05, 3.63) is 66.5 Å². The van der Waals surface area contributed by atoms with Crippen LogP contribution in [-0.4, -0.2) is 61.4 Å². The Morgan fingerprint density at radius 3 is 2.55 bits per heavy atom. The van der Waals surface area contributed by atoms with Gasteiger partial charge in [-0.1, -0.05) is 12.1 Å². The van der Waals surface area contributed by atoms with Crippen LogP contribution in [0.2, 0.25) is 0 Å². The van der Waals surface area contributed by atoms with Crippen molar-refractivity contribution < 1.29 is 4.79 Å². The molecular weight excluding hydrogens is 496 g/mol. The van der Waals surface area contributed by atoms with Crippen molar-refractivity contribution in [1.29, 1.82) is 0 Å². The zero-order valence-electron chi connectivity index (χ0n) is 22.9. The molecule has 8 nitrogen and oxygen atoms in total. The third-order valence-electron chi connectivity index (χ3n) is 9.29. The molecule has 202 valence electrons. The van der Waals surface area contributed by atoms with Gasteiger partial charge in [0.2, 0.25) is 0 Å². The first-order valence-corrected chi connectivity index (χ1v) is 14.8. The van der Waals surface area contributed by atoms with Crippen molar-refractivity contribution in [2.45, 2.75) is 84.3 Å². The lowest BCUT2D eigenvalue weighted by Gasteiger charge is -2.46. The first-order chi connectivity index (χ1) is 18.3. The second kappa shape index (κ2) is 10.1. The molecule has 2 fully saturated rings. The summed E-state index contributed by atoms with van der Waals surface area (Å²) in [6.45, 7) is 11.6. The quantitative estimate of drug-likeness (QED) is 0.508. The predicted octanol–water partition coefficient (Wildman–Crippen LogP) is 4.37. The minimum Gasteiger partial charge on any atom is -0.334 e. The second-order valence-corrected chi connectivity index (χ2v) is 12.8. The molecule has 3 aromatic rings. The number of rotatable bonds is 6. The van der Waals surface area contributed by atoms with E-state index in [1.165, 1.54) is 41.0 Å². The molecule has 0 aromatic carbocycles. The van der Waals surface area contributed by atoms with E-state index in [1.807, 2.05) is 47.0 Å². The second-order valence-electron chi connectivity index (χ2n) is 11.7. The number of pyridine rings is 1. The summed E-state index contributed by atoms with van der Waals surface area (Å²) in [6.07, 6.45) is 9.59. The van der Waals surface area contributed by atoms with Crippen LogP contribution in [-0.2, 0) is 13.0 Å². The third-order valence-corrected chi connectivity index (χ3v) is 10.8. The summed E-state index contributed by atoms with van der Waals surface area (Å²) in [5, 5.41) is 8.11. The van der Waals surface area contributed by atoms with Gasteiger partial charge in [-0.25, -0.2) is 4.68 Å². The Kier molecular flexibility index (Phi) is 6.76. The molecule has 0 spiro atoms. The van der Waals surface area contributed by atoms with Gasteiger partial charge in [-0.15, -0.1) is 16.4 Å². The number of hydrogen-bond acceptors (Lipinski definition) is 6. The van der Waals surface area contributed by atoms with Gasteiger partial charge >= 0.3 is 0 Å². The Bertz CT molecular complexity index is 1380. The van der Waals surface area contributed by atoms with Crippen LogP contribution in [0.1, 0.15) is 87.1 Å². The molecule has 38 heavy (non-hydrogen) atoms. The number of aryl methyl sites for hydroxylation is 2. The fraction of sp³-hybridized carbons (Fsp3) is 0.586. The summed E-state index contributed by atoms with van der Waals surface area (Å²) >= 11 is 1.86. The van der Waals surface area contributed by atoms with E-state index in [4.69, 9.17) is 0 Å². The van der Waals surface area contributed by atoms with Crippen LogP contribution >= 0.6 is 11.3 Å². The van der Waals surface area contributed by atoms with Crippen LogP contribution in [0.5, 0.6) is 0 Å². The number of carbonyl (C=O) groups excluding carboxylic acids is 1. The minimum absolute atomic E-state index is 0.0832. The highest BCUT2D eigenvalue weighted by molar-refractivity contribution is 7.12. The maximum atomic E-state index is 13.6. The molecule has 5 heterocycles. The maximum Gasteiger partial charge on any atom is 0.255 e. The van der Waals surface area contributed by atoms with Gasteiger partial charge in [-0.2, -0.15) is 0 Å². The van der Waals surface area contributed by atoms with Crippen molar-refractivity contribution in [2.24, 2.45) is 5.92 Å². The summed E-state index contributed by atoms with van der Waals surface area (Å²) in [4.78, 5) is 36.2. The normalized spacial score (nSPS) is 23.4. The summed E-state index contributed by atoms with van der Waals surface area (Å²) in [7, 11) is 0. The highest BCUT2D eigenvalue weighted by Crippen LogP contribution is 2.44. The van der Waals surface area contributed by atoms with E-state index in [0.29, 0.717) is 42.6 Å². The van der Waals surface area contributed by atoms with E-state index >= 15 is 0 Å². The molecule has 0 bridgehead atoms. The number of carbonyl (C=O) groups is 1. The molecule has 9 heteroatoms. The zero-order chi connectivity index (χ0) is 26.6. The minimum atomic E-state index is -0.0832. The number of fused-ring (bicyclic) bond motifs is 1. The Balaban J connectivity index is 1.10. The Morgan fingerprint density at radius 2 is 1.87 bits per heavy atom. The van der Waals surface area contributed by atoms with E-state index in [2.05, 4.69) is 34.0 Å². The van der Waals surface area contributed by atoms with Gasteiger partial charge in [0, 0.05) is 59.3 Å². The maximum absolute atomic E-state index is 13.6. The average Bonchev–Trinajstić information content (AvgIpc) is 3.50. The first kappa shape index (κ1) is 25.5. The Labute approximate surface area is 228 Å². The van der Waals surface area contributed by atoms with Crippen molar-refractivity contribution >= 4 is 17.2 Å². The molecule has 6 rings (SSSR count). The Hall–Kier alpha value is -2.78. The molecule has 3 aliphatic rings. The van der Waals surface area contributed by atoms with E-state index in [-0.39, 0.29) is 11.5 Å². The van der Waals surface area contributed by atoms with Gasteiger partial charge in [-0.05, 0) is 75.5 Å². The lowest BCUT2D eigenvalue weighted by atomic mass is 9.76. The molecule has 1 saturated heterocycles. The number of amides is 1. The molecule has 2 aliphatic heterocycles. The molecule has 1 amide bonds. The topological polar surface area (TPSA) is 87.1 Å². The fourth-order valence-electron chi connectivity index (χ4n) is 6.95. The van der Waals surface area contributed by atoms with E-state index < -0.39 is 0 Å². The number of H-pyrrole nitrogens is 1. The van der Waals surface area contributed by atoms with Gasteiger partial charge in [0.15, 0.2) is 0 Å². The number of aromatic nitrogens is 4. The lowest BCUT2D eigenvalue weighted by molar-refractivity contribution is 0.0263. The predicted molar refractivity (Wildman–Crippen MR) is 149 cm³/mol. The molecule has 1 saturated carbocycles. The SMILES string of the molecule is Cc1cc(C)c(CN2CCc3sc([C@H](C)C4CCC(N5CC(n6ccnn6)C5)CC4)c(C)c3C2=O)c(=O)[nH]1. The lowest BCUT2D eigenvalue weighted by Crippen LogP contribution is -2.53. The monoisotopic (exact) mass is 534 g/mol. The van der Waals surface area contributed by atoms with Crippen LogP contribution < -0.4 is 5.56 Å². The number of aromatic amines is 1. The van der Waals surface area contributed by atoms with Crippen LogP contribution in [0.4, 0.5) is 0 Å². The number of nitrogens with one attached hydrogen (secondary N) is 1. The standard InChI is InChI=1S/C29H38N6O2S/c1-17-13-18(2)31-28(36)24(17)16-33-11-9-25-26(29(33)37)20(4)27(38-25)19(3)21-5-7-22(8-6-21)34-14-23(15-34)35-12-10-30-32-35/h10,12-13,19,21-23H,5-9,11,14-16H2,1-4H3,(H,31,36)/t19-,21?,22?/m1/s1. The summed E-state index contributed by atoms with van der Waals surface area (Å²) in [5.74, 6) is 1.22. The fourth-order valence-corrected chi connectivity index (χ4v) is 8.38. The molecule has 1 N–H and O–H groups in total. The summed E-state index contributed by atoms with van der Waals surface area (Å²) in [6, 6.07) is 3.14. The molecule has 1 aliphatic carbocycles. The van der Waals surface area contributed by atoms with Gasteiger partial charge in [0.05, 0.1) is 24.3 Å². The smallest absolute Gasteiger partial charge is 0.255 e. The van der Waals surface area contributed by atoms with Gasteiger partial charge < -0.3 is 9.88 Å². The highest BCUT2D eigenvalue weighted by atomic mass is 32.1. The van der Waals surface area contributed by atoms with Crippen molar-refractivity contribution in [3.63, 3.8) is 0 Å². The first-order valence-electron chi connectivity index (χ1n) is 14.0. The van der Waals surface area contributed by atoms with Crippen molar-refractivity contribution in [3.8, 4) is 0 Å². The van der Waals surface area contributed by atoms with Crippen LogP contribution in [0.15, 0.2) is 23.3 Å². The number of thiophene rings is 1. The summed E-state index contributed by atoms with van der Waals surface area (Å²) in [5.41, 5.74) is 4.48.